The molecule has 0 saturated carbocycles. The topological polar surface area (TPSA) is 85.9 Å². The average molecular weight is 491 g/mol. The molecule has 36 heavy (non-hydrogen) atoms. The van der Waals surface area contributed by atoms with Crippen molar-refractivity contribution in [2.45, 2.75) is 33.1 Å². The highest BCUT2D eigenvalue weighted by Crippen LogP contribution is 2.35. The molecule has 0 spiro atoms. The Morgan fingerprint density at radius 1 is 0.944 bits per heavy atom. The molecule has 3 aromatic carbocycles. The van der Waals surface area contributed by atoms with Crippen LogP contribution in [0.2, 0.25) is 0 Å². The number of hydrogen-bond donors (Lipinski definition) is 2. The normalized spacial score (nSPS) is 15.1. The van der Waals surface area contributed by atoms with E-state index in [0.29, 0.717) is 34.9 Å². The number of carbonyl (C=O) groups is 2. The number of carbonyl (C=O) groups excluding carboxylic acids is 2. The maximum atomic E-state index is 14.0. The molecule has 2 amide bonds. The van der Waals surface area contributed by atoms with Crippen LogP contribution >= 0.6 is 0 Å². The minimum absolute atomic E-state index is 0.0201. The Hall–Kier alpha value is -4.33. The molecule has 0 bridgehead atoms. The lowest BCUT2D eigenvalue weighted by Crippen LogP contribution is -2.45. The van der Waals surface area contributed by atoms with Gasteiger partial charge in [-0.2, -0.15) is 0 Å². The molecule has 0 aliphatic carbocycles. The summed E-state index contributed by atoms with van der Waals surface area (Å²) in [4.78, 5) is 25.4. The van der Waals surface area contributed by atoms with E-state index in [4.69, 9.17) is 14.2 Å². The number of amides is 2. The van der Waals surface area contributed by atoms with Gasteiger partial charge in [0.05, 0.1) is 18.2 Å². The number of halogens is 1. The monoisotopic (exact) mass is 490 g/mol. The van der Waals surface area contributed by atoms with Crippen LogP contribution < -0.4 is 20.1 Å². The van der Waals surface area contributed by atoms with E-state index in [1.807, 2.05) is 37.3 Å². The van der Waals surface area contributed by atoms with Gasteiger partial charge in [0, 0.05) is 11.3 Å². The molecule has 8 heteroatoms. The van der Waals surface area contributed by atoms with Gasteiger partial charge in [-0.15, -0.1) is 0 Å². The highest BCUT2D eigenvalue weighted by Gasteiger charge is 2.33. The van der Waals surface area contributed by atoms with Gasteiger partial charge in [0.15, 0.2) is 11.5 Å². The predicted molar refractivity (Wildman–Crippen MR) is 132 cm³/mol. The first-order valence-electron chi connectivity index (χ1n) is 11.6. The van der Waals surface area contributed by atoms with Crippen molar-refractivity contribution in [2.75, 3.05) is 6.61 Å². The molecule has 1 heterocycles. The first-order valence-corrected chi connectivity index (χ1v) is 11.6. The quantitative estimate of drug-likeness (QED) is 0.404. The van der Waals surface area contributed by atoms with Crippen LogP contribution in [0, 0.1) is 5.82 Å². The van der Waals surface area contributed by atoms with Gasteiger partial charge in [-0.05, 0) is 43.2 Å². The molecule has 4 rings (SSSR count). The van der Waals surface area contributed by atoms with Gasteiger partial charge < -0.3 is 24.8 Å². The summed E-state index contributed by atoms with van der Waals surface area (Å²) < 4.78 is 31.1. The van der Waals surface area contributed by atoms with Gasteiger partial charge >= 0.3 is 12.0 Å². The molecule has 1 aliphatic heterocycles. The standard InChI is InChI=1S/C28H27FN2O5/c1-3-34-24-15-20(13-14-23(24)35-17-21-11-7-8-12-22(21)29)26-25(18(2)30-28(33)31-26)27(32)36-16-19-9-5-4-6-10-19/h4-15,26H,3,16-17H2,1-2H3,(H2,30,31,33). The van der Waals surface area contributed by atoms with Crippen molar-refractivity contribution in [1.29, 1.82) is 0 Å². The number of nitrogens with one attached hydrogen (secondary N) is 2. The predicted octanol–water partition coefficient (Wildman–Crippen LogP) is 5.17. The first kappa shape index (κ1) is 24.8. The van der Waals surface area contributed by atoms with E-state index in [0.717, 1.165) is 5.56 Å². The van der Waals surface area contributed by atoms with E-state index >= 15 is 0 Å². The third kappa shape index (κ3) is 5.83. The molecule has 1 aliphatic rings. The van der Waals surface area contributed by atoms with E-state index in [1.165, 1.54) is 6.07 Å². The Bertz CT molecular complexity index is 1280. The maximum absolute atomic E-state index is 14.0. The van der Waals surface area contributed by atoms with Gasteiger partial charge in [-0.1, -0.05) is 54.6 Å². The molecule has 3 aromatic rings. The third-order valence-corrected chi connectivity index (χ3v) is 5.64. The van der Waals surface area contributed by atoms with E-state index in [-0.39, 0.29) is 24.6 Å². The SMILES string of the molecule is CCOc1cc(C2NC(=O)NC(C)=C2C(=O)OCc2ccccc2)ccc1OCc1ccccc1F. The van der Waals surface area contributed by atoms with Crippen molar-refractivity contribution < 1.29 is 28.2 Å². The highest BCUT2D eigenvalue weighted by molar-refractivity contribution is 5.95. The summed E-state index contributed by atoms with van der Waals surface area (Å²) in [5.41, 5.74) is 2.56. The maximum Gasteiger partial charge on any atom is 0.338 e. The van der Waals surface area contributed by atoms with Crippen molar-refractivity contribution in [2.24, 2.45) is 0 Å². The van der Waals surface area contributed by atoms with Crippen LogP contribution in [0.4, 0.5) is 9.18 Å². The van der Waals surface area contributed by atoms with Crippen LogP contribution in [-0.4, -0.2) is 18.6 Å². The van der Waals surface area contributed by atoms with Gasteiger partial charge in [-0.25, -0.2) is 14.0 Å². The Labute approximate surface area is 208 Å². The molecule has 2 N–H and O–H groups in total. The van der Waals surface area contributed by atoms with Crippen LogP contribution in [-0.2, 0) is 22.7 Å². The zero-order valence-electron chi connectivity index (χ0n) is 20.0. The molecule has 1 unspecified atom stereocenters. The summed E-state index contributed by atoms with van der Waals surface area (Å²) in [6.07, 6.45) is 0. The summed E-state index contributed by atoms with van der Waals surface area (Å²) >= 11 is 0. The van der Waals surface area contributed by atoms with Crippen LogP contribution in [0.25, 0.3) is 0 Å². The second-order valence-electron chi connectivity index (χ2n) is 8.15. The fraction of sp³-hybridized carbons (Fsp3) is 0.214. The minimum Gasteiger partial charge on any atom is -0.490 e. The number of ether oxygens (including phenoxy) is 3. The molecule has 1 atom stereocenters. The molecule has 0 radical (unpaired) electrons. The lowest BCUT2D eigenvalue weighted by Gasteiger charge is -2.28. The number of hydrogen-bond acceptors (Lipinski definition) is 5. The van der Waals surface area contributed by atoms with E-state index < -0.39 is 18.0 Å². The second-order valence-corrected chi connectivity index (χ2v) is 8.15. The van der Waals surface area contributed by atoms with Crippen molar-refractivity contribution in [3.05, 3.63) is 107 Å². The lowest BCUT2D eigenvalue weighted by molar-refractivity contribution is -0.140. The van der Waals surface area contributed by atoms with Gasteiger partial charge in [0.25, 0.3) is 0 Å². The number of benzene rings is 3. The summed E-state index contributed by atoms with van der Waals surface area (Å²) in [7, 11) is 0. The summed E-state index contributed by atoms with van der Waals surface area (Å²) in [6, 6.07) is 19.6. The van der Waals surface area contributed by atoms with Crippen LogP contribution in [0.1, 0.15) is 36.6 Å². The van der Waals surface area contributed by atoms with E-state index in [9.17, 15) is 14.0 Å². The third-order valence-electron chi connectivity index (χ3n) is 5.64. The number of allylic oxidation sites excluding steroid dienone is 1. The number of esters is 1. The van der Waals surface area contributed by atoms with Crippen molar-refractivity contribution in [3.8, 4) is 11.5 Å². The van der Waals surface area contributed by atoms with Crippen LogP contribution in [0.5, 0.6) is 11.5 Å². The minimum atomic E-state index is -0.762. The molecule has 0 saturated heterocycles. The second kappa shape index (κ2) is 11.4. The Morgan fingerprint density at radius 2 is 1.69 bits per heavy atom. The number of urea groups is 1. The van der Waals surface area contributed by atoms with E-state index in [2.05, 4.69) is 10.6 Å². The van der Waals surface area contributed by atoms with Crippen molar-refractivity contribution in [3.63, 3.8) is 0 Å². The fourth-order valence-electron chi connectivity index (χ4n) is 3.88. The summed E-state index contributed by atoms with van der Waals surface area (Å²) in [6.45, 7) is 3.96. The van der Waals surface area contributed by atoms with Gasteiger partial charge in [0.2, 0.25) is 0 Å². The molecule has 0 aromatic heterocycles. The first-order chi connectivity index (χ1) is 17.5. The van der Waals surface area contributed by atoms with Crippen LogP contribution in [0.3, 0.4) is 0 Å². The fourth-order valence-corrected chi connectivity index (χ4v) is 3.88. The Kier molecular flexibility index (Phi) is 7.85. The summed E-state index contributed by atoms with van der Waals surface area (Å²) in [5.74, 6) is -0.0812. The summed E-state index contributed by atoms with van der Waals surface area (Å²) in [5, 5.41) is 5.43. The zero-order chi connectivity index (χ0) is 25.5. The van der Waals surface area contributed by atoms with Crippen molar-refractivity contribution >= 4 is 12.0 Å². The molecular weight excluding hydrogens is 463 g/mol. The highest BCUT2D eigenvalue weighted by atomic mass is 19.1. The Balaban J connectivity index is 1.58. The van der Waals surface area contributed by atoms with Gasteiger partial charge in [-0.3, -0.25) is 0 Å². The van der Waals surface area contributed by atoms with Crippen LogP contribution in [0.15, 0.2) is 84.1 Å². The number of rotatable bonds is 9. The zero-order valence-corrected chi connectivity index (χ0v) is 20.0. The molecule has 7 nitrogen and oxygen atoms in total. The molecular formula is C28H27FN2O5. The molecule has 186 valence electrons. The smallest absolute Gasteiger partial charge is 0.338 e. The lowest BCUT2D eigenvalue weighted by atomic mass is 9.95. The van der Waals surface area contributed by atoms with Crippen molar-refractivity contribution in [1.82, 2.24) is 10.6 Å². The van der Waals surface area contributed by atoms with E-state index in [1.54, 1.807) is 43.3 Å². The van der Waals surface area contributed by atoms with Gasteiger partial charge in [0.1, 0.15) is 19.0 Å². The average Bonchev–Trinajstić information content (AvgIpc) is 2.87. The largest absolute Gasteiger partial charge is 0.490 e. The Morgan fingerprint density at radius 3 is 2.44 bits per heavy atom. The molecule has 0 fully saturated rings.